The van der Waals surface area contributed by atoms with Crippen molar-refractivity contribution in [1.29, 1.82) is 0 Å². The Bertz CT molecular complexity index is 365. The number of rotatable bonds is 1. The van der Waals surface area contributed by atoms with E-state index in [0.29, 0.717) is 5.02 Å². The lowest BCUT2D eigenvalue weighted by atomic mass is 10.2. The summed E-state index contributed by atoms with van der Waals surface area (Å²) in [7, 11) is 0. The van der Waals surface area contributed by atoms with E-state index in [-0.39, 0.29) is 5.02 Å². The number of nitrogens with one attached hydrogen (secondary N) is 1. The molecule has 2 nitrogen and oxygen atoms in total. The van der Waals surface area contributed by atoms with E-state index >= 15 is 0 Å². The fourth-order valence-corrected chi connectivity index (χ4v) is 2.16. The summed E-state index contributed by atoms with van der Waals surface area (Å²) in [4.78, 5) is 2.05. The molecule has 82 valence electrons. The van der Waals surface area contributed by atoms with Crippen molar-refractivity contribution in [2.75, 3.05) is 31.1 Å². The molecule has 0 radical (unpaired) electrons. The van der Waals surface area contributed by atoms with E-state index in [9.17, 15) is 4.39 Å². The van der Waals surface area contributed by atoms with Crippen LogP contribution in [0.5, 0.6) is 0 Å². The second kappa shape index (κ2) is 4.56. The van der Waals surface area contributed by atoms with Crippen molar-refractivity contribution in [3.8, 4) is 0 Å². The van der Waals surface area contributed by atoms with Gasteiger partial charge in [-0.15, -0.1) is 0 Å². The maximum absolute atomic E-state index is 13.3. The minimum atomic E-state index is -0.422. The molecular formula is C10H11Cl2FN2. The quantitative estimate of drug-likeness (QED) is 0.769. The average molecular weight is 249 g/mol. The normalized spacial score (nSPS) is 16.9. The third-order valence-electron chi connectivity index (χ3n) is 2.45. The van der Waals surface area contributed by atoms with Crippen LogP contribution in [0.25, 0.3) is 0 Å². The number of hydrogen-bond acceptors (Lipinski definition) is 2. The Balaban J connectivity index is 2.30. The highest BCUT2D eigenvalue weighted by molar-refractivity contribution is 6.36. The molecule has 1 aromatic carbocycles. The van der Waals surface area contributed by atoms with Crippen molar-refractivity contribution >= 4 is 28.9 Å². The first-order valence-electron chi connectivity index (χ1n) is 4.78. The van der Waals surface area contributed by atoms with Crippen LogP contribution in [-0.4, -0.2) is 26.2 Å². The molecule has 0 unspecified atom stereocenters. The van der Waals surface area contributed by atoms with E-state index in [4.69, 9.17) is 23.2 Å². The van der Waals surface area contributed by atoms with Gasteiger partial charge in [-0.1, -0.05) is 23.2 Å². The largest absolute Gasteiger partial charge is 0.368 e. The lowest BCUT2D eigenvalue weighted by Crippen LogP contribution is -2.43. The van der Waals surface area contributed by atoms with Gasteiger partial charge in [0, 0.05) is 32.2 Å². The summed E-state index contributed by atoms with van der Waals surface area (Å²) in [5, 5.41) is 3.80. The molecule has 0 aromatic heterocycles. The van der Waals surface area contributed by atoms with Crippen molar-refractivity contribution in [3.63, 3.8) is 0 Å². The predicted octanol–water partition coefficient (Wildman–Crippen LogP) is 2.54. The minimum absolute atomic E-state index is 0.0684. The van der Waals surface area contributed by atoms with Gasteiger partial charge < -0.3 is 10.2 Å². The Morgan fingerprint density at radius 1 is 1.13 bits per heavy atom. The molecule has 0 aliphatic carbocycles. The number of halogens is 3. The summed E-state index contributed by atoms with van der Waals surface area (Å²) >= 11 is 11.7. The molecule has 2 rings (SSSR count). The number of benzene rings is 1. The van der Waals surface area contributed by atoms with Gasteiger partial charge in [-0.3, -0.25) is 0 Å². The Hall–Kier alpha value is -0.510. The van der Waals surface area contributed by atoms with Crippen molar-refractivity contribution in [2.45, 2.75) is 0 Å². The van der Waals surface area contributed by atoms with Crippen molar-refractivity contribution in [1.82, 2.24) is 5.32 Å². The number of hydrogen-bond donors (Lipinski definition) is 1. The Kier molecular flexibility index (Phi) is 3.34. The standard InChI is InChI=1S/C10H11Cl2FN2/c11-7-5-8(12)10(6-9(7)13)15-3-1-14-2-4-15/h5-6,14H,1-4H2. The molecule has 0 amide bonds. The molecule has 1 fully saturated rings. The van der Waals surface area contributed by atoms with Crippen LogP contribution in [0.1, 0.15) is 0 Å². The van der Waals surface area contributed by atoms with E-state index in [2.05, 4.69) is 10.2 Å². The molecule has 5 heteroatoms. The van der Waals surface area contributed by atoms with Crippen LogP contribution in [-0.2, 0) is 0 Å². The molecule has 1 aliphatic rings. The third kappa shape index (κ3) is 2.36. The third-order valence-corrected chi connectivity index (χ3v) is 3.04. The molecule has 1 heterocycles. The van der Waals surface area contributed by atoms with Gasteiger partial charge in [0.05, 0.1) is 15.7 Å². The zero-order valence-electron chi connectivity index (χ0n) is 8.06. The first kappa shape index (κ1) is 11.0. The fraction of sp³-hybridized carbons (Fsp3) is 0.400. The van der Waals surface area contributed by atoms with Crippen molar-refractivity contribution in [2.24, 2.45) is 0 Å². The van der Waals surface area contributed by atoms with Gasteiger partial charge in [0.25, 0.3) is 0 Å². The van der Waals surface area contributed by atoms with Gasteiger partial charge in [0.1, 0.15) is 5.82 Å². The summed E-state index contributed by atoms with van der Waals surface area (Å²) in [5.74, 6) is -0.422. The van der Waals surface area contributed by atoms with Gasteiger partial charge in [-0.2, -0.15) is 0 Å². The fourth-order valence-electron chi connectivity index (χ4n) is 1.66. The van der Waals surface area contributed by atoms with Crippen LogP contribution in [0, 0.1) is 5.82 Å². The van der Waals surface area contributed by atoms with Gasteiger partial charge in [0.2, 0.25) is 0 Å². The van der Waals surface area contributed by atoms with Crippen LogP contribution in [0.3, 0.4) is 0 Å². The molecule has 0 saturated carbocycles. The molecule has 0 atom stereocenters. The molecule has 1 aliphatic heterocycles. The topological polar surface area (TPSA) is 15.3 Å². The lowest BCUT2D eigenvalue weighted by molar-refractivity contribution is 0.585. The van der Waals surface area contributed by atoms with E-state index in [1.54, 1.807) is 0 Å². The molecule has 15 heavy (non-hydrogen) atoms. The van der Waals surface area contributed by atoms with E-state index < -0.39 is 5.82 Å². The summed E-state index contributed by atoms with van der Waals surface area (Å²) in [5.41, 5.74) is 0.722. The van der Waals surface area contributed by atoms with Gasteiger partial charge >= 0.3 is 0 Å². The first-order valence-corrected chi connectivity index (χ1v) is 5.54. The maximum Gasteiger partial charge on any atom is 0.143 e. The maximum atomic E-state index is 13.3. The SMILES string of the molecule is Fc1cc(N2CCNCC2)c(Cl)cc1Cl. The minimum Gasteiger partial charge on any atom is -0.368 e. The lowest BCUT2D eigenvalue weighted by Gasteiger charge is -2.30. The highest BCUT2D eigenvalue weighted by Gasteiger charge is 2.15. The Morgan fingerprint density at radius 3 is 2.47 bits per heavy atom. The number of nitrogens with zero attached hydrogens (tertiary/aromatic N) is 1. The van der Waals surface area contributed by atoms with Crippen LogP contribution < -0.4 is 10.2 Å². The smallest absolute Gasteiger partial charge is 0.143 e. The van der Waals surface area contributed by atoms with Gasteiger partial charge in [-0.25, -0.2) is 4.39 Å². The number of anilines is 1. The molecule has 1 saturated heterocycles. The van der Waals surface area contributed by atoms with Crippen LogP contribution in [0.2, 0.25) is 10.0 Å². The highest BCUT2D eigenvalue weighted by Crippen LogP contribution is 2.31. The molecule has 1 N–H and O–H groups in total. The van der Waals surface area contributed by atoms with Crippen molar-refractivity contribution < 1.29 is 4.39 Å². The van der Waals surface area contributed by atoms with Crippen LogP contribution in [0.4, 0.5) is 10.1 Å². The molecular weight excluding hydrogens is 238 g/mol. The average Bonchev–Trinajstić information content (AvgIpc) is 2.25. The zero-order valence-corrected chi connectivity index (χ0v) is 9.58. The van der Waals surface area contributed by atoms with E-state index in [0.717, 1.165) is 31.9 Å². The Morgan fingerprint density at radius 2 is 1.80 bits per heavy atom. The first-order chi connectivity index (χ1) is 7.18. The monoisotopic (exact) mass is 248 g/mol. The summed E-state index contributed by atoms with van der Waals surface area (Å²) in [6, 6.07) is 2.85. The van der Waals surface area contributed by atoms with E-state index in [1.165, 1.54) is 12.1 Å². The van der Waals surface area contributed by atoms with Crippen LogP contribution in [0.15, 0.2) is 12.1 Å². The molecule has 1 aromatic rings. The van der Waals surface area contributed by atoms with Crippen molar-refractivity contribution in [3.05, 3.63) is 28.0 Å². The van der Waals surface area contributed by atoms with E-state index in [1.807, 2.05) is 0 Å². The summed E-state index contributed by atoms with van der Waals surface area (Å²) in [6.07, 6.45) is 0. The second-order valence-electron chi connectivity index (χ2n) is 3.45. The predicted molar refractivity (Wildman–Crippen MR) is 61.5 cm³/mol. The second-order valence-corrected chi connectivity index (χ2v) is 4.27. The van der Waals surface area contributed by atoms with Gasteiger partial charge in [-0.05, 0) is 6.07 Å². The molecule has 0 spiro atoms. The summed E-state index contributed by atoms with van der Waals surface area (Å²) in [6.45, 7) is 3.45. The Labute approximate surface area is 98.0 Å². The highest BCUT2D eigenvalue weighted by atomic mass is 35.5. The van der Waals surface area contributed by atoms with Gasteiger partial charge in [0.15, 0.2) is 0 Å². The summed E-state index contributed by atoms with van der Waals surface area (Å²) < 4.78 is 13.3. The number of piperazine rings is 1. The molecule has 0 bridgehead atoms. The van der Waals surface area contributed by atoms with Crippen LogP contribution >= 0.6 is 23.2 Å². The zero-order chi connectivity index (χ0) is 10.8.